The van der Waals surface area contributed by atoms with Crippen molar-refractivity contribution in [1.82, 2.24) is 9.47 Å². The van der Waals surface area contributed by atoms with Crippen LogP contribution < -0.4 is 16.0 Å². The van der Waals surface area contributed by atoms with Crippen LogP contribution in [0.25, 0.3) is 0 Å². The number of rotatable bonds is 4. The Bertz CT molecular complexity index is 1100. The lowest BCUT2D eigenvalue weighted by molar-refractivity contribution is 0.0362. The summed E-state index contributed by atoms with van der Waals surface area (Å²) >= 11 is 0. The van der Waals surface area contributed by atoms with E-state index in [2.05, 4.69) is 4.90 Å². The summed E-state index contributed by atoms with van der Waals surface area (Å²) in [4.78, 5) is 15.7. The number of aromatic nitrogens is 1. The monoisotopic (exact) mass is 410 g/mol. The molecule has 30 heavy (non-hydrogen) atoms. The van der Waals surface area contributed by atoms with Gasteiger partial charge in [0, 0.05) is 43.5 Å². The molecular formula is C22H23FN4O3. The van der Waals surface area contributed by atoms with Crippen molar-refractivity contribution >= 4 is 0 Å². The predicted octanol–water partition coefficient (Wildman–Crippen LogP) is 1.85. The summed E-state index contributed by atoms with van der Waals surface area (Å²) in [5.74, 6) is -1.26. The zero-order chi connectivity index (χ0) is 21.3. The van der Waals surface area contributed by atoms with E-state index in [4.69, 9.17) is 15.2 Å². The van der Waals surface area contributed by atoms with Crippen LogP contribution in [0.15, 0.2) is 46.6 Å². The van der Waals surface area contributed by atoms with Gasteiger partial charge >= 0.3 is 0 Å². The summed E-state index contributed by atoms with van der Waals surface area (Å²) < 4.78 is 27.3. The van der Waals surface area contributed by atoms with Crippen LogP contribution in [0.3, 0.4) is 0 Å². The predicted molar refractivity (Wildman–Crippen MR) is 108 cm³/mol. The number of benzene rings is 1. The van der Waals surface area contributed by atoms with E-state index in [1.165, 1.54) is 6.07 Å². The fourth-order valence-electron chi connectivity index (χ4n) is 4.05. The SMILES string of the molecule is Cc1cc2c(c(=O)n1CCN1CCOCC1)[C@@H](c1ccccc1F)C(C#N)=C(N)O2. The highest BCUT2D eigenvalue weighted by Gasteiger charge is 2.35. The fraction of sp³-hybridized carbons (Fsp3) is 0.364. The van der Waals surface area contributed by atoms with Crippen molar-refractivity contribution in [3.8, 4) is 11.8 Å². The second-order valence-corrected chi connectivity index (χ2v) is 7.42. The first kappa shape index (κ1) is 20.1. The minimum Gasteiger partial charge on any atom is -0.440 e. The number of pyridine rings is 1. The van der Waals surface area contributed by atoms with E-state index in [1.54, 1.807) is 28.8 Å². The molecule has 1 atom stereocenters. The van der Waals surface area contributed by atoms with E-state index in [9.17, 15) is 14.4 Å². The second kappa shape index (κ2) is 8.30. The molecule has 0 amide bonds. The summed E-state index contributed by atoms with van der Waals surface area (Å²) in [6.45, 7) is 5.98. The minimum absolute atomic E-state index is 0.0354. The van der Waals surface area contributed by atoms with Crippen molar-refractivity contribution in [3.63, 3.8) is 0 Å². The van der Waals surface area contributed by atoms with Crippen LogP contribution in [0.4, 0.5) is 4.39 Å². The van der Waals surface area contributed by atoms with Crippen LogP contribution in [0.2, 0.25) is 0 Å². The van der Waals surface area contributed by atoms with Gasteiger partial charge in [-0.15, -0.1) is 0 Å². The van der Waals surface area contributed by atoms with E-state index in [0.717, 1.165) is 13.1 Å². The summed E-state index contributed by atoms with van der Waals surface area (Å²) in [5, 5.41) is 9.68. The lowest BCUT2D eigenvalue weighted by atomic mass is 9.83. The Morgan fingerprint density at radius 2 is 2.00 bits per heavy atom. The Morgan fingerprint density at radius 1 is 1.27 bits per heavy atom. The third kappa shape index (κ3) is 3.58. The number of nitrogens with zero attached hydrogens (tertiary/aromatic N) is 3. The molecule has 1 aromatic heterocycles. The number of nitriles is 1. The molecule has 156 valence electrons. The molecule has 0 saturated carbocycles. The highest BCUT2D eigenvalue weighted by Crippen LogP contribution is 2.41. The van der Waals surface area contributed by atoms with Crippen LogP contribution in [-0.4, -0.2) is 42.3 Å². The van der Waals surface area contributed by atoms with E-state index in [1.807, 2.05) is 13.0 Å². The average molecular weight is 410 g/mol. The molecule has 1 fully saturated rings. The van der Waals surface area contributed by atoms with Gasteiger partial charge in [0.1, 0.15) is 23.2 Å². The maximum atomic E-state index is 14.7. The smallest absolute Gasteiger partial charge is 0.258 e. The van der Waals surface area contributed by atoms with Gasteiger partial charge in [-0.1, -0.05) is 18.2 Å². The molecule has 0 unspecified atom stereocenters. The van der Waals surface area contributed by atoms with E-state index < -0.39 is 11.7 Å². The Hall–Kier alpha value is -3.15. The summed E-state index contributed by atoms with van der Waals surface area (Å²) in [6.07, 6.45) is 0. The quantitative estimate of drug-likeness (QED) is 0.827. The molecule has 0 bridgehead atoms. The first-order valence-electron chi connectivity index (χ1n) is 9.87. The molecule has 8 heteroatoms. The first-order chi connectivity index (χ1) is 14.5. The van der Waals surface area contributed by atoms with Crippen LogP contribution >= 0.6 is 0 Å². The zero-order valence-electron chi connectivity index (χ0n) is 16.7. The van der Waals surface area contributed by atoms with Gasteiger partial charge in [0.05, 0.1) is 24.7 Å². The van der Waals surface area contributed by atoms with Crippen molar-refractivity contribution in [2.24, 2.45) is 5.73 Å². The van der Waals surface area contributed by atoms with Crippen LogP contribution in [0.1, 0.15) is 22.7 Å². The van der Waals surface area contributed by atoms with Gasteiger partial charge in [0.15, 0.2) is 0 Å². The van der Waals surface area contributed by atoms with Gasteiger partial charge < -0.3 is 19.8 Å². The van der Waals surface area contributed by atoms with Crippen LogP contribution in [0, 0.1) is 24.1 Å². The van der Waals surface area contributed by atoms with E-state index in [-0.39, 0.29) is 33.9 Å². The largest absolute Gasteiger partial charge is 0.440 e. The molecule has 3 heterocycles. The molecule has 0 radical (unpaired) electrons. The molecular weight excluding hydrogens is 387 g/mol. The topological polar surface area (TPSA) is 93.5 Å². The maximum absolute atomic E-state index is 14.7. The Balaban J connectivity index is 1.80. The minimum atomic E-state index is -0.914. The van der Waals surface area contributed by atoms with Crippen molar-refractivity contribution < 1.29 is 13.9 Å². The van der Waals surface area contributed by atoms with E-state index in [0.29, 0.717) is 32.0 Å². The highest BCUT2D eigenvalue weighted by molar-refractivity contribution is 5.55. The second-order valence-electron chi connectivity index (χ2n) is 7.42. The molecule has 2 aliphatic heterocycles. The molecule has 2 N–H and O–H groups in total. The third-order valence-corrected chi connectivity index (χ3v) is 5.65. The Kier molecular flexibility index (Phi) is 5.57. The molecule has 2 aliphatic rings. The number of hydrogen-bond donors (Lipinski definition) is 1. The molecule has 0 aliphatic carbocycles. The normalized spacial score (nSPS) is 19.2. The van der Waals surface area contributed by atoms with Crippen LogP contribution in [-0.2, 0) is 11.3 Å². The fourth-order valence-corrected chi connectivity index (χ4v) is 4.05. The number of halogens is 1. The van der Waals surface area contributed by atoms with Gasteiger partial charge in [0.2, 0.25) is 5.88 Å². The van der Waals surface area contributed by atoms with E-state index >= 15 is 0 Å². The molecule has 2 aromatic rings. The number of allylic oxidation sites excluding steroid dienone is 1. The Labute approximate surface area is 173 Å². The lowest BCUT2D eigenvalue weighted by Crippen LogP contribution is -2.40. The molecule has 4 rings (SSSR count). The van der Waals surface area contributed by atoms with Gasteiger partial charge in [-0.05, 0) is 13.0 Å². The van der Waals surface area contributed by atoms with Crippen molar-refractivity contribution in [2.45, 2.75) is 19.4 Å². The number of aryl methyl sites for hydroxylation is 1. The summed E-state index contributed by atoms with van der Waals surface area (Å²) in [6, 6.07) is 9.84. The maximum Gasteiger partial charge on any atom is 0.258 e. The standard InChI is InChI=1S/C22H23FN4O3/c1-14-12-18-20(22(28)27(14)7-6-26-8-10-29-11-9-26)19(16(13-24)21(25)30-18)15-4-2-3-5-17(15)23/h2-5,12,19H,6-11,25H2,1H3/t19-/m0/s1. The highest BCUT2D eigenvalue weighted by atomic mass is 19.1. The van der Waals surface area contributed by atoms with Crippen molar-refractivity contribution in [2.75, 3.05) is 32.8 Å². The Morgan fingerprint density at radius 3 is 2.70 bits per heavy atom. The summed E-state index contributed by atoms with van der Waals surface area (Å²) in [5.41, 5.74) is 6.87. The number of fused-ring (bicyclic) bond motifs is 1. The molecule has 1 aromatic carbocycles. The van der Waals surface area contributed by atoms with Crippen molar-refractivity contribution in [1.29, 1.82) is 5.26 Å². The third-order valence-electron chi connectivity index (χ3n) is 5.65. The number of hydrogen-bond acceptors (Lipinski definition) is 6. The zero-order valence-corrected chi connectivity index (χ0v) is 16.7. The number of morpholine rings is 1. The molecule has 7 nitrogen and oxygen atoms in total. The van der Waals surface area contributed by atoms with Gasteiger partial charge in [-0.3, -0.25) is 9.69 Å². The summed E-state index contributed by atoms with van der Waals surface area (Å²) in [7, 11) is 0. The number of nitrogens with two attached hydrogens (primary N) is 1. The molecule has 1 saturated heterocycles. The lowest BCUT2D eigenvalue weighted by Gasteiger charge is -2.29. The van der Waals surface area contributed by atoms with Crippen molar-refractivity contribution in [3.05, 3.63) is 74.8 Å². The van der Waals surface area contributed by atoms with Crippen LogP contribution in [0.5, 0.6) is 5.75 Å². The van der Waals surface area contributed by atoms with Gasteiger partial charge in [0.25, 0.3) is 5.56 Å². The van der Waals surface area contributed by atoms with Gasteiger partial charge in [-0.2, -0.15) is 5.26 Å². The first-order valence-corrected chi connectivity index (χ1v) is 9.87. The van der Waals surface area contributed by atoms with Gasteiger partial charge in [-0.25, -0.2) is 4.39 Å². The molecule has 0 spiro atoms. The number of ether oxygens (including phenoxy) is 2. The average Bonchev–Trinajstić information content (AvgIpc) is 2.74.